The van der Waals surface area contributed by atoms with Gasteiger partial charge < -0.3 is 0 Å². The van der Waals surface area contributed by atoms with Crippen LogP contribution in [0, 0.1) is 12.3 Å². The molecule has 0 amide bonds. The van der Waals surface area contributed by atoms with Crippen molar-refractivity contribution in [3.63, 3.8) is 0 Å². The minimum atomic E-state index is 0.826. The van der Waals surface area contributed by atoms with E-state index in [2.05, 4.69) is 10.9 Å². The highest BCUT2D eigenvalue weighted by Crippen LogP contribution is 2.16. The van der Waals surface area contributed by atoms with Crippen LogP contribution >= 0.6 is 11.8 Å². The van der Waals surface area contributed by atoms with E-state index in [1.54, 1.807) is 24.2 Å². The second-order valence-electron chi connectivity index (χ2n) is 1.99. The average molecular weight is 163 g/mol. The molecule has 56 valence electrons. The lowest BCUT2D eigenvalue weighted by Crippen LogP contribution is -1.76. The van der Waals surface area contributed by atoms with Crippen LogP contribution in [0.5, 0.6) is 0 Å². The maximum absolute atomic E-state index is 5.12. The monoisotopic (exact) mass is 163 g/mol. The van der Waals surface area contributed by atoms with Crippen LogP contribution in [0.15, 0.2) is 29.4 Å². The molecule has 0 radical (unpaired) electrons. The molecule has 1 heterocycles. The number of aromatic nitrogens is 1. The predicted octanol–water partition coefficient (Wildman–Crippen LogP) is 2.20. The zero-order chi connectivity index (χ0) is 7.94. The molecule has 0 atom stereocenters. The summed E-state index contributed by atoms with van der Waals surface area (Å²) < 4.78 is 0. The van der Waals surface area contributed by atoms with Crippen LogP contribution in [0.25, 0.3) is 0 Å². The van der Waals surface area contributed by atoms with Crippen LogP contribution in [0.3, 0.4) is 0 Å². The van der Waals surface area contributed by atoms with Crippen LogP contribution in [0.4, 0.5) is 0 Å². The van der Waals surface area contributed by atoms with Gasteiger partial charge in [-0.05, 0) is 12.1 Å². The van der Waals surface area contributed by atoms with E-state index in [9.17, 15) is 0 Å². The first-order chi connectivity index (χ1) is 5.43. The molecule has 0 unspecified atom stereocenters. The smallest absolute Gasteiger partial charge is 0.0278 e. The molecule has 0 aliphatic heterocycles. The quantitative estimate of drug-likeness (QED) is 0.385. The Balaban J connectivity index is 2.35. The molecule has 11 heavy (non-hydrogen) atoms. The lowest BCUT2D eigenvalue weighted by Gasteiger charge is -1.95. The number of hydrogen-bond acceptors (Lipinski definition) is 2. The average Bonchev–Trinajstić information content (AvgIpc) is 2.07. The summed E-state index contributed by atoms with van der Waals surface area (Å²) >= 11 is 1.76. The summed E-state index contributed by atoms with van der Waals surface area (Å²) in [7, 11) is 0. The zero-order valence-corrected chi connectivity index (χ0v) is 6.97. The van der Waals surface area contributed by atoms with Crippen molar-refractivity contribution in [1.29, 1.82) is 0 Å². The Kier molecular flexibility index (Phi) is 3.57. The molecule has 0 aliphatic carbocycles. The van der Waals surface area contributed by atoms with Crippen molar-refractivity contribution in [2.45, 2.75) is 11.3 Å². The van der Waals surface area contributed by atoms with E-state index in [0.29, 0.717) is 0 Å². The van der Waals surface area contributed by atoms with Crippen LogP contribution in [-0.2, 0) is 0 Å². The van der Waals surface area contributed by atoms with Crippen LogP contribution in [-0.4, -0.2) is 10.7 Å². The summed E-state index contributed by atoms with van der Waals surface area (Å²) in [5.74, 6) is 3.59. The van der Waals surface area contributed by atoms with Crippen molar-refractivity contribution in [2.75, 3.05) is 5.75 Å². The number of terminal acetylenes is 1. The fourth-order valence-corrected chi connectivity index (χ4v) is 1.43. The molecule has 0 saturated heterocycles. The van der Waals surface area contributed by atoms with Crippen molar-refractivity contribution < 1.29 is 0 Å². The standard InChI is InChI=1S/C9H9NS/c1-2-3-8-11-9-4-6-10-7-5-9/h1,4-7H,3,8H2. The Hall–Kier alpha value is -0.940. The highest BCUT2D eigenvalue weighted by Gasteiger charge is 1.89. The van der Waals surface area contributed by atoms with Gasteiger partial charge in [0.2, 0.25) is 0 Å². The normalized spacial score (nSPS) is 9.00. The fourth-order valence-electron chi connectivity index (χ4n) is 0.662. The van der Waals surface area contributed by atoms with E-state index in [-0.39, 0.29) is 0 Å². The summed E-state index contributed by atoms with van der Waals surface area (Å²) in [5.41, 5.74) is 0. The van der Waals surface area contributed by atoms with Crippen molar-refractivity contribution in [3.8, 4) is 12.3 Å². The van der Waals surface area contributed by atoms with Crippen LogP contribution in [0.1, 0.15) is 6.42 Å². The Morgan fingerprint density at radius 1 is 1.45 bits per heavy atom. The third-order valence-electron chi connectivity index (χ3n) is 1.16. The molecule has 0 bridgehead atoms. The lowest BCUT2D eigenvalue weighted by molar-refractivity contribution is 1.25. The van der Waals surface area contributed by atoms with Gasteiger partial charge in [-0.25, -0.2) is 0 Å². The molecule has 0 spiro atoms. The largest absolute Gasteiger partial charge is 0.265 e. The SMILES string of the molecule is C#CCCSc1ccncc1. The van der Waals surface area contributed by atoms with Gasteiger partial charge in [0.05, 0.1) is 0 Å². The predicted molar refractivity (Wildman–Crippen MR) is 48.4 cm³/mol. The molecular weight excluding hydrogens is 154 g/mol. The van der Waals surface area contributed by atoms with E-state index >= 15 is 0 Å². The van der Waals surface area contributed by atoms with E-state index < -0.39 is 0 Å². The Bertz CT molecular complexity index is 237. The van der Waals surface area contributed by atoms with Crippen molar-refractivity contribution in [3.05, 3.63) is 24.5 Å². The van der Waals surface area contributed by atoms with E-state index in [1.165, 1.54) is 4.90 Å². The molecule has 1 aromatic heterocycles. The topological polar surface area (TPSA) is 12.9 Å². The Labute approximate surface area is 71.2 Å². The Morgan fingerprint density at radius 2 is 2.18 bits per heavy atom. The van der Waals surface area contributed by atoms with Gasteiger partial charge in [0, 0.05) is 29.5 Å². The Morgan fingerprint density at radius 3 is 2.82 bits per heavy atom. The van der Waals surface area contributed by atoms with Gasteiger partial charge in [0.25, 0.3) is 0 Å². The van der Waals surface area contributed by atoms with Crippen molar-refractivity contribution in [2.24, 2.45) is 0 Å². The molecule has 0 saturated carbocycles. The third-order valence-corrected chi connectivity index (χ3v) is 2.18. The highest BCUT2D eigenvalue weighted by atomic mass is 32.2. The first-order valence-corrected chi connectivity index (χ1v) is 4.38. The van der Waals surface area contributed by atoms with Gasteiger partial charge in [0.15, 0.2) is 0 Å². The van der Waals surface area contributed by atoms with Crippen molar-refractivity contribution >= 4 is 11.8 Å². The summed E-state index contributed by atoms with van der Waals surface area (Å²) in [6.45, 7) is 0. The van der Waals surface area contributed by atoms with Crippen LogP contribution < -0.4 is 0 Å². The van der Waals surface area contributed by atoms with E-state index in [4.69, 9.17) is 6.42 Å². The number of rotatable bonds is 3. The minimum absolute atomic E-state index is 0.826. The maximum atomic E-state index is 5.12. The van der Waals surface area contributed by atoms with E-state index in [0.717, 1.165) is 12.2 Å². The highest BCUT2D eigenvalue weighted by molar-refractivity contribution is 7.99. The summed E-state index contributed by atoms with van der Waals surface area (Å²) in [6, 6.07) is 3.97. The molecule has 1 nitrogen and oxygen atoms in total. The molecule has 1 aromatic rings. The molecule has 0 aromatic carbocycles. The summed E-state index contributed by atoms with van der Waals surface area (Å²) in [5, 5.41) is 0. The van der Waals surface area contributed by atoms with Gasteiger partial charge in [-0.2, -0.15) is 0 Å². The maximum Gasteiger partial charge on any atom is 0.0278 e. The van der Waals surface area contributed by atoms with Gasteiger partial charge in [-0.1, -0.05) is 0 Å². The number of pyridine rings is 1. The second-order valence-corrected chi connectivity index (χ2v) is 3.15. The number of hydrogen-bond donors (Lipinski definition) is 0. The third kappa shape index (κ3) is 3.10. The molecule has 0 fully saturated rings. The van der Waals surface area contributed by atoms with E-state index in [1.807, 2.05) is 12.1 Å². The molecule has 0 aliphatic rings. The fraction of sp³-hybridized carbons (Fsp3) is 0.222. The zero-order valence-electron chi connectivity index (χ0n) is 6.16. The molecule has 1 rings (SSSR count). The first-order valence-electron chi connectivity index (χ1n) is 3.40. The molecule has 2 heteroatoms. The van der Waals surface area contributed by atoms with Crippen molar-refractivity contribution in [1.82, 2.24) is 4.98 Å². The summed E-state index contributed by atoms with van der Waals surface area (Å²) in [6.07, 6.45) is 9.52. The van der Waals surface area contributed by atoms with Gasteiger partial charge in [-0.15, -0.1) is 24.1 Å². The lowest BCUT2D eigenvalue weighted by atomic mass is 10.5. The van der Waals surface area contributed by atoms with Gasteiger partial charge in [-0.3, -0.25) is 4.98 Å². The molecule has 0 N–H and O–H groups in total. The van der Waals surface area contributed by atoms with Crippen LogP contribution in [0.2, 0.25) is 0 Å². The number of nitrogens with zero attached hydrogens (tertiary/aromatic N) is 1. The van der Waals surface area contributed by atoms with Gasteiger partial charge >= 0.3 is 0 Å². The minimum Gasteiger partial charge on any atom is -0.265 e. The van der Waals surface area contributed by atoms with Gasteiger partial charge in [0.1, 0.15) is 0 Å². The summed E-state index contributed by atoms with van der Waals surface area (Å²) in [4.78, 5) is 5.15. The molecular formula is C9H9NS. The number of thioether (sulfide) groups is 1. The second kappa shape index (κ2) is 4.81. The first kappa shape index (κ1) is 8.16.